The van der Waals surface area contributed by atoms with Crippen LogP contribution in [0.3, 0.4) is 0 Å². The molecule has 0 N–H and O–H groups in total. The molecule has 2 aromatic carbocycles. The Labute approximate surface area is 165 Å². The van der Waals surface area contributed by atoms with Gasteiger partial charge in [0.2, 0.25) is 0 Å². The Kier molecular flexibility index (Phi) is 5.15. The van der Waals surface area contributed by atoms with Gasteiger partial charge in [0.05, 0.1) is 18.7 Å². The van der Waals surface area contributed by atoms with Gasteiger partial charge in [-0.3, -0.25) is 14.5 Å². The fourth-order valence-corrected chi connectivity index (χ4v) is 3.85. The Balaban J connectivity index is 1.70. The summed E-state index contributed by atoms with van der Waals surface area (Å²) in [6, 6.07) is 17.1. The Morgan fingerprint density at radius 1 is 0.893 bits per heavy atom. The normalized spacial score (nSPS) is 17.0. The van der Waals surface area contributed by atoms with Crippen LogP contribution in [0, 0.1) is 0 Å². The molecule has 0 unspecified atom stereocenters. The standard InChI is InChI=1S/C23H24N2O3/c1-2-28-19-12-10-18(11-13-19)20-21(24-14-6-7-15-24)23(27)25(22(20)26)16-17-8-4-3-5-9-17/h3-5,8-13H,2,6-7,14-16H2,1H3. The van der Waals surface area contributed by atoms with Crippen molar-refractivity contribution < 1.29 is 14.3 Å². The van der Waals surface area contributed by atoms with Gasteiger partial charge in [-0.2, -0.15) is 0 Å². The van der Waals surface area contributed by atoms with E-state index in [9.17, 15) is 9.59 Å². The summed E-state index contributed by atoms with van der Waals surface area (Å²) in [4.78, 5) is 30.0. The van der Waals surface area contributed by atoms with Gasteiger partial charge in [0.15, 0.2) is 0 Å². The zero-order valence-corrected chi connectivity index (χ0v) is 16.1. The van der Waals surface area contributed by atoms with E-state index in [1.807, 2.05) is 61.5 Å². The SMILES string of the molecule is CCOc1ccc(C2=C(N3CCCC3)C(=O)N(Cc3ccccc3)C2=O)cc1. The topological polar surface area (TPSA) is 49.9 Å². The number of hydrogen-bond acceptors (Lipinski definition) is 4. The van der Waals surface area contributed by atoms with Crippen molar-refractivity contribution >= 4 is 17.4 Å². The Morgan fingerprint density at radius 2 is 1.57 bits per heavy atom. The number of benzene rings is 2. The molecule has 1 saturated heterocycles. The van der Waals surface area contributed by atoms with Crippen LogP contribution in [0.2, 0.25) is 0 Å². The molecule has 2 aromatic rings. The lowest BCUT2D eigenvalue weighted by atomic mass is 10.0. The highest BCUT2D eigenvalue weighted by Crippen LogP contribution is 2.34. The molecule has 28 heavy (non-hydrogen) atoms. The van der Waals surface area contributed by atoms with Crippen molar-refractivity contribution in [1.29, 1.82) is 0 Å². The van der Waals surface area contributed by atoms with Gasteiger partial charge in [-0.25, -0.2) is 0 Å². The molecule has 0 saturated carbocycles. The number of carbonyl (C=O) groups is 2. The molecule has 5 heteroatoms. The van der Waals surface area contributed by atoms with Crippen LogP contribution < -0.4 is 4.74 Å². The molecule has 0 bridgehead atoms. The van der Waals surface area contributed by atoms with E-state index in [1.54, 1.807) is 0 Å². The van der Waals surface area contributed by atoms with Crippen molar-refractivity contribution in [1.82, 2.24) is 9.80 Å². The van der Waals surface area contributed by atoms with E-state index in [4.69, 9.17) is 4.74 Å². The molecule has 0 aromatic heterocycles. The highest BCUT2D eigenvalue weighted by atomic mass is 16.5. The summed E-state index contributed by atoms with van der Waals surface area (Å²) >= 11 is 0. The van der Waals surface area contributed by atoms with E-state index in [0.717, 1.165) is 42.8 Å². The molecule has 0 spiro atoms. The fourth-order valence-electron chi connectivity index (χ4n) is 3.85. The fraction of sp³-hybridized carbons (Fsp3) is 0.304. The van der Waals surface area contributed by atoms with Crippen molar-refractivity contribution in [2.75, 3.05) is 19.7 Å². The number of nitrogens with zero attached hydrogens (tertiary/aromatic N) is 2. The molecular weight excluding hydrogens is 352 g/mol. The van der Waals surface area contributed by atoms with E-state index in [-0.39, 0.29) is 18.4 Å². The maximum absolute atomic E-state index is 13.3. The quantitative estimate of drug-likeness (QED) is 0.725. The minimum Gasteiger partial charge on any atom is -0.494 e. The summed E-state index contributed by atoms with van der Waals surface area (Å²) in [5, 5.41) is 0. The highest BCUT2D eigenvalue weighted by molar-refractivity contribution is 6.35. The molecule has 2 aliphatic rings. The molecule has 1 fully saturated rings. The first-order chi connectivity index (χ1) is 13.7. The second kappa shape index (κ2) is 7.89. The van der Waals surface area contributed by atoms with Crippen molar-refractivity contribution in [2.45, 2.75) is 26.3 Å². The summed E-state index contributed by atoms with van der Waals surface area (Å²) in [7, 11) is 0. The lowest BCUT2D eigenvalue weighted by molar-refractivity contribution is -0.138. The summed E-state index contributed by atoms with van der Waals surface area (Å²) in [5.41, 5.74) is 2.76. The van der Waals surface area contributed by atoms with E-state index >= 15 is 0 Å². The number of amides is 2. The molecule has 0 aliphatic carbocycles. The Hall–Kier alpha value is -3.08. The first kappa shape index (κ1) is 18.3. The lowest BCUT2D eigenvalue weighted by Crippen LogP contribution is -2.34. The number of ether oxygens (including phenoxy) is 1. The first-order valence-corrected chi connectivity index (χ1v) is 9.81. The van der Waals surface area contributed by atoms with Gasteiger partial charge < -0.3 is 9.64 Å². The van der Waals surface area contributed by atoms with Crippen molar-refractivity contribution in [2.24, 2.45) is 0 Å². The maximum atomic E-state index is 13.3. The zero-order valence-electron chi connectivity index (χ0n) is 16.1. The number of likely N-dealkylation sites (tertiary alicyclic amines) is 1. The predicted molar refractivity (Wildman–Crippen MR) is 107 cm³/mol. The van der Waals surface area contributed by atoms with E-state index < -0.39 is 0 Å². The molecule has 0 radical (unpaired) electrons. The van der Waals surface area contributed by atoms with Gasteiger partial charge >= 0.3 is 0 Å². The highest BCUT2D eigenvalue weighted by Gasteiger charge is 2.41. The Bertz CT molecular complexity index is 897. The van der Waals surface area contributed by atoms with Gasteiger partial charge in [-0.1, -0.05) is 42.5 Å². The predicted octanol–water partition coefficient (Wildman–Crippen LogP) is 3.46. The van der Waals surface area contributed by atoms with Crippen LogP contribution in [0.4, 0.5) is 0 Å². The van der Waals surface area contributed by atoms with Crippen molar-refractivity contribution in [3.63, 3.8) is 0 Å². The van der Waals surface area contributed by atoms with Crippen LogP contribution in [0.5, 0.6) is 5.75 Å². The van der Waals surface area contributed by atoms with Crippen molar-refractivity contribution in [3.8, 4) is 5.75 Å². The van der Waals surface area contributed by atoms with E-state index in [0.29, 0.717) is 17.9 Å². The van der Waals surface area contributed by atoms with Crippen LogP contribution in [0.1, 0.15) is 30.9 Å². The van der Waals surface area contributed by atoms with Gasteiger partial charge in [0.25, 0.3) is 11.8 Å². The third-order valence-electron chi connectivity index (χ3n) is 5.20. The number of hydrogen-bond donors (Lipinski definition) is 0. The van der Waals surface area contributed by atoms with Crippen molar-refractivity contribution in [3.05, 3.63) is 71.4 Å². The largest absolute Gasteiger partial charge is 0.494 e. The molecular formula is C23H24N2O3. The van der Waals surface area contributed by atoms with Gasteiger partial charge in [-0.05, 0) is 43.0 Å². The summed E-state index contributed by atoms with van der Waals surface area (Å²) < 4.78 is 5.51. The number of carbonyl (C=O) groups excluding carboxylic acids is 2. The van der Waals surface area contributed by atoms with Crippen LogP contribution in [0.15, 0.2) is 60.3 Å². The zero-order chi connectivity index (χ0) is 19.5. The van der Waals surface area contributed by atoms with E-state index in [2.05, 4.69) is 4.90 Å². The molecule has 144 valence electrons. The third kappa shape index (κ3) is 3.40. The lowest BCUT2D eigenvalue weighted by Gasteiger charge is -2.20. The third-order valence-corrected chi connectivity index (χ3v) is 5.20. The van der Waals surface area contributed by atoms with Crippen LogP contribution in [-0.4, -0.2) is 41.3 Å². The molecule has 2 amide bonds. The molecule has 5 nitrogen and oxygen atoms in total. The van der Waals surface area contributed by atoms with Crippen LogP contribution in [-0.2, 0) is 16.1 Å². The summed E-state index contributed by atoms with van der Waals surface area (Å²) in [6.07, 6.45) is 2.08. The van der Waals surface area contributed by atoms with Gasteiger partial charge in [-0.15, -0.1) is 0 Å². The molecule has 4 rings (SSSR count). The van der Waals surface area contributed by atoms with E-state index in [1.165, 1.54) is 4.90 Å². The minimum atomic E-state index is -0.222. The average molecular weight is 376 g/mol. The Morgan fingerprint density at radius 3 is 2.21 bits per heavy atom. The van der Waals surface area contributed by atoms with Crippen LogP contribution in [0.25, 0.3) is 5.57 Å². The summed E-state index contributed by atoms with van der Waals surface area (Å²) in [6.45, 7) is 4.43. The molecule has 0 atom stereocenters. The van der Waals surface area contributed by atoms with Crippen LogP contribution >= 0.6 is 0 Å². The monoisotopic (exact) mass is 376 g/mol. The number of rotatable bonds is 6. The maximum Gasteiger partial charge on any atom is 0.278 e. The second-order valence-corrected chi connectivity index (χ2v) is 7.06. The number of imide groups is 1. The second-order valence-electron chi connectivity index (χ2n) is 7.06. The smallest absolute Gasteiger partial charge is 0.278 e. The first-order valence-electron chi connectivity index (χ1n) is 9.81. The minimum absolute atomic E-state index is 0.195. The molecule has 2 aliphatic heterocycles. The van der Waals surface area contributed by atoms with Gasteiger partial charge in [0, 0.05) is 13.1 Å². The molecule has 2 heterocycles. The summed E-state index contributed by atoms with van der Waals surface area (Å²) in [5.74, 6) is 0.340. The average Bonchev–Trinajstić information content (AvgIpc) is 3.32. The van der Waals surface area contributed by atoms with Gasteiger partial charge in [0.1, 0.15) is 11.4 Å².